The van der Waals surface area contributed by atoms with Crippen LogP contribution in [0.3, 0.4) is 0 Å². The third kappa shape index (κ3) is 4.54. The van der Waals surface area contributed by atoms with Crippen molar-refractivity contribution in [1.29, 1.82) is 0 Å². The largest absolute Gasteiger partial charge is 0.345 e. The van der Waals surface area contributed by atoms with Gasteiger partial charge in [0.1, 0.15) is 5.82 Å². The van der Waals surface area contributed by atoms with E-state index in [1.807, 2.05) is 52.3 Å². The lowest BCUT2D eigenvalue weighted by atomic mass is 10.2. The molecule has 29 heavy (non-hydrogen) atoms. The van der Waals surface area contributed by atoms with Crippen molar-refractivity contribution in [2.45, 2.75) is 19.9 Å². The third-order valence-corrected chi connectivity index (χ3v) is 5.25. The molecule has 0 spiro atoms. The van der Waals surface area contributed by atoms with Crippen molar-refractivity contribution in [2.75, 3.05) is 24.5 Å². The van der Waals surface area contributed by atoms with Crippen molar-refractivity contribution >= 4 is 23.3 Å². The summed E-state index contributed by atoms with van der Waals surface area (Å²) in [4.78, 5) is 30.1. The summed E-state index contributed by atoms with van der Waals surface area (Å²) in [5.74, 6) is 1.55. The van der Waals surface area contributed by atoms with E-state index >= 15 is 0 Å². The number of hydrogen-bond donors (Lipinski definition) is 0. The normalized spacial score (nSPS) is 14.3. The molecule has 0 saturated carbocycles. The summed E-state index contributed by atoms with van der Waals surface area (Å²) in [6.45, 7) is 4.35. The minimum absolute atomic E-state index is 0.0910. The number of pyridine rings is 1. The molecule has 4 rings (SSSR count). The molecule has 1 saturated heterocycles. The number of carbonyl (C=O) groups excluding carboxylic acids is 1. The molecule has 148 valence electrons. The van der Waals surface area contributed by atoms with Crippen LogP contribution in [0.4, 0.5) is 5.82 Å². The molecule has 2 aromatic heterocycles. The Morgan fingerprint density at radius 2 is 1.79 bits per heavy atom. The molecular weight excluding hydrogens is 386 g/mol. The van der Waals surface area contributed by atoms with E-state index in [2.05, 4.69) is 16.9 Å². The Kier molecular flexibility index (Phi) is 5.71. The first-order valence-electron chi connectivity index (χ1n) is 9.68. The van der Waals surface area contributed by atoms with Crippen molar-refractivity contribution in [3.8, 4) is 11.4 Å². The van der Waals surface area contributed by atoms with Gasteiger partial charge in [-0.15, -0.1) is 0 Å². The molecule has 0 aliphatic carbocycles. The number of nitrogens with zero attached hydrogens (tertiary/aromatic N) is 5. The smallest absolute Gasteiger partial charge is 0.242 e. The number of anilines is 1. The number of carbonyl (C=O) groups is 1. The number of hydrogen-bond acceptors (Lipinski definition) is 5. The molecule has 3 aromatic rings. The topological polar surface area (TPSA) is 62.2 Å². The number of benzene rings is 1. The Morgan fingerprint density at radius 1 is 1.03 bits per heavy atom. The van der Waals surface area contributed by atoms with Gasteiger partial charge in [0.2, 0.25) is 5.91 Å². The fourth-order valence-electron chi connectivity index (χ4n) is 3.34. The van der Waals surface area contributed by atoms with Crippen molar-refractivity contribution < 1.29 is 4.79 Å². The molecular formula is C22H22ClN5O. The maximum Gasteiger partial charge on any atom is 0.242 e. The molecule has 1 aliphatic rings. The molecule has 1 aromatic carbocycles. The van der Waals surface area contributed by atoms with Crippen molar-refractivity contribution in [3.05, 3.63) is 71.1 Å². The first-order valence-corrected chi connectivity index (χ1v) is 10.1. The zero-order valence-corrected chi connectivity index (χ0v) is 17.0. The van der Waals surface area contributed by atoms with Gasteiger partial charge < -0.3 is 9.80 Å². The van der Waals surface area contributed by atoms with Crippen LogP contribution in [0, 0.1) is 0 Å². The number of halogens is 1. The molecule has 0 radical (unpaired) electrons. The highest BCUT2D eigenvalue weighted by molar-refractivity contribution is 6.30. The highest BCUT2D eigenvalue weighted by Crippen LogP contribution is 2.22. The van der Waals surface area contributed by atoms with Crippen LogP contribution in [0.5, 0.6) is 0 Å². The van der Waals surface area contributed by atoms with Gasteiger partial charge in [-0.05, 0) is 36.2 Å². The molecule has 1 aliphatic heterocycles. The Bertz CT molecular complexity index is 994. The molecule has 0 N–H and O–H groups in total. The van der Waals surface area contributed by atoms with Gasteiger partial charge in [0.05, 0.1) is 6.54 Å². The number of rotatable bonds is 5. The van der Waals surface area contributed by atoms with Crippen molar-refractivity contribution in [3.63, 3.8) is 0 Å². The lowest BCUT2D eigenvalue weighted by molar-refractivity contribution is -0.131. The summed E-state index contributed by atoms with van der Waals surface area (Å²) in [5, 5.41) is 0.699. The predicted octanol–water partition coefficient (Wildman–Crippen LogP) is 3.60. The van der Waals surface area contributed by atoms with Gasteiger partial charge in [-0.25, -0.2) is 9.97 Å². The van der Waals surface area contributed by atoms with Crippen LogP contribution < -0.4 is 4.90 Å². The minimum Gasteiger partial charge on any atom is -0.345 e. The molecule has 1 fully saturated rings. The van der Waals surface area contributed by atoms with Crippen LogP contribution in [0.1, 0.15) is 18.2 Å². The number of aromatic nitrogens is 3. The van der Waals surface area contributed by atoms with Crippen LogP contribution in [0.25, 0.3) is 11.4 Å². The van der Waals surface area contributed by atoms with Gasteiger partial charge >= 0.3 is 0 Å². The fraction of sp³-hybridized carbons (Fsp3) is 0.273. The third-order valence-electron chi connectivity index (χ3n) is 5.00. The molecule has 0 bridgehead atoms. The minimum atomic E-state index is 0.0910. The maximum absolute atomic E-state index is 12.8. The zero-order chi connectivity index (χ0) is 20.2. The monoisotopic (exact) mass is 407 g/mol. The summed E-state index contributed by atoms with van der Waals surface area (Å²) in [5.41, 5.74) is 2.95. The van der Waals surface area contributed by atoms with Gasteiger partial charge in [-0.3, -0.25) is 9.78 Å². The van der Waals surface area contributed by atoms with Crippen LogP contribution >= 0.6 is 11.6 Å². The highest BCUT2D eigenvalue weighted by Gasteiger charge is 2.25. The van der Waals surface area contributed by atoms with E-state index in [0.29, 0.717) is 30.5 Å². The SMILES string of the molecule is CCc1cc(N2CCN(Cc3ccc(Cl)cc3)C(=O)C2)nc(-c2ccncc2)n1. The number of piperazine rings is 1. The standard InChI is InChI=1S/C22H22ClN5O/c1-2-19-13-20(26-22(25-19)17-7-9-24-10-8-17)27-11-12-28(21(29)15-27)14-16-3-5-18(23)6-4-16/h3-10,13H,2,11-12,14-15H2,1H3. The van der Waals surface area contributed by atoms with E-state index in [1.54, 1.807) is 12.4 Å². The molecule has 3 heterocycles. The lowest BCUT2D eigenvalue weighted by Crippen LogP contribution is -2.50. The highest BCUT2D eigenvalue weighted by atomic mass is 35.5. The molecule has 1 amide bonds. The Hall–Kier alpha value is -2.99. The molecule has 0 atom stereocenters. The van der Waals surface area contributed by atoms with Crippen LogP contribution in [-0.4, -0.2) is 45.4 Å². The van der Waals surface area contributed by atoms with E-state index < -0.39 is 0 Å². The maximum atomic E-state index is 12.8. The first kappa shape index (κ1) is 19.3. The molecule has 0 unspecified atom stereocenters. The van der Waals surface area contributed by atoms with Gasteiger partial charge in [0.25, 0.3) is 0 Å². The zero-order valence-electron chi connectivity index (χ0n) is 16.3. The summed E-state index contributed by atoms with van der Waals surface area (Å²) < 4.78 is 0. The van der Waals surface area contributed by atoms with E-state index in [1.165, 1.54) is 0 Å². The number of aryl methyl sites for hydroxylation is 1. The average molecular weight is 408 g/mol. The summed E-state index contributed by atoms with van der Waals surface area (Å²) in [7, 11) is 0. The van der Waals surface area contributed by atoms with Crippen LogP contribution in [0.15, 0.2) is 54.9 Å². The predicted molar refractivity (Wildman–Crippen MR) is 114 cm³/mol. The quantitative estimate of drug-likeness (QED) is 0.646. The van der Waals surface area contributed by atoms with Crippen LogP contribution in [0.2, 0.25) is 5.02 Å². The summed E-state index contributed by atoms with van der Waals surface area (Å²) >= 11 is 5.95. The Morgan fingerprint density at radius 3 is 2.48 bits per heavy atom. The Balaban J connectivity index is 1.51. The summed E-state index contributed by atoms with van der Waals surface area (Å²) in [6.07, 6.45) is 4.27. The van der Waals surface area contributed by atoms with Gasteiger partial charge in [-0.1, -0.05) is 30.7 Å². The first-order chi connectivity index (χ1) is 14.1. The van der Waals surface area contributed by atoms with E-state index in [-0.39, 0.29) is 5.91 Å². The van der Waals surface area contributed by atoms with Crippen LogP contribution in [-0.2, 0) is 17.8 Å². The Labute approximate surface area is 175 Å². The second-order valence-corrected chi connectivity index (χ2v) is 7.43. The van der Waals surface area contributed by atoms with E-state index in [9.17, 15) is 4.79 Å². The molecule has 7 heteroatoms. The second kappa shape index (κ2) is 8.57. The summed E-state index contributed by atoms with van der Waals surface area (Å²) in [6, 6.07) is 13.4. The van der Waals surface area contributed by atoms with E-state index in [4.69, 9.17) is 16.6 Å². The lowest BCUT2D eigenvalue weighted by Gasteiger charge is -2.35. The van der Waals surface area contributed by atoms with Crippen molar-refractivity contribution in [1.82, 2.24) is 19.9 Å². The van der Waals surface area contributed by atoms with Gasteiger partial charge in [0, 0.05) is 54.4 Å². The fourth-order valence-corrected chi connectivity index (χ4v) is 3.46. The number of amides is 1. The second-order valence-electron chi connectivity index (χ2n) is 6.99. The average Bonchev–Trinajstić information content (AvgIpc) is 2.77. The molecule has 6 nitrogen and oxygen atoms in total. The van der Waals surface area contributed by atoms with Crippen molar-refractivity contribution in [2.24, 2.45) is 0 Å². The van der Waals surface area contributed by atoms with E-state index in [0.717, 1.165) is 35.6 Å². The van der Waals surface area contributed by atoms with Gasteiger partial charge in [0.15, 0.2) is 5.82 Å². The van der Waals surface area contributed by atoms with Gasteiger partial charge in [-0.2, -0.15) is 0 Å².